The SMILES string of the molecule is CC(C)Cn1ncnc1Cn1cc(S(C)(=O)=O)cn1. The van der Waals surface area contributed by atoms with E-state index in [1.165, 1.54) is 18.7 Å². The minimum Gasteiger partial charge on any atom is -0.264 e. The van der Waals surface area contributed by atoms with Gasteiger partial charge in [-0.15, -0.1) is 0 Å². The first-order valence-corrected chi connectivity index (χ1v) is 7.84. The molecule has 0 saturated carbocycles. The van der Waals surface area contributed by atoms with Gasteiger partial charge in [-0.25, -0.2) is 18.1 Å². The molecule has 0 radical (unpaired) electrons. The molecule has 0 amide bonds. The van der Waals surface area contributed by atoms with Crippen LogP contribution in [0, 0.1) is 5.92 Å². The minimum atomic E-state index is -3.22. The highest BCUT2D eigenvalue weighted by Crippen LogP contribution is 2.08. The second-order valence-electron chi connectivity index (χ2n) is 4.90. The lowest BCUT2D eigenvalue weighted by atomic mass is 10.2. The Kier molecular flexibility index (Phi) is 3.70. The first kappa shape index (κ1) is 13.7. The Morgan fingerprint density at radius 1 is 1.32 bits per heavy atom. The summed E-state index contributed by atoms with van der Waals surface area (Å²) < 4.78 is 26.1. The number of hydrogen-bond acceptors (Lipinski definition) is 5. The third-order valence-electron chi connectivity index (χ3n) is 2.57. The average Bonchev–Trinajstić information content (AvgIpc) is 2.88. The van der Waals surface area contributed by atoms with Crippen LogP contribution in [0.2, 0.25) is 0 Å². The van der Waals surface area contributed by atoms with Crippen molar-refractivity contribution in [2.24, 2.45) is 5.92 Å². The van der Waals surface area contributed by atoms with E-state index in [9.17, 15) is 8.42 Å². The van der Waals surface area contributed by atoms with Crippen LogP contribution in [0.1, 0.15) is 19.7 Å². The van der Waals surface area contributed by atoms with Gasteiger partial charge in [0.05, 0.1) is 6.20 Å². The molecule has 2 heterocycles. The van der Waals surface area contributed by atoms with E-state index in [-0.39, 0.29) is 4.90 Å². The van der Waals surface area contributed by atoms with E-state index in [1.807, 2.05) is 4.68 Å². The second kappa shape index (κ2) is 5.12. The summed E-state index contributed by atoms with van der Waals surface area (Å²) in [7, 11) is -3.22. The standard InChI is InChI=1S/C11H17N5O2S/c1-9(2)5-16-11(12-8-14-16)7-15-6-10(4-13-15)19(3,17)18/h4,6,8-9H,5,7H2,1-3H3. The molecule has 0 saturated heterocycles. The van der Waals surface area contributed by atoms with Crippen molar-refractivity contribution >= 4 is 9.84 Å². The van der Waals surface area contributed by atoms with E-state index in [2.05, 4.69) is 29.0 Å². The molecule has 0 unspecified atom stereocenters. The summed E-state index contributed by atoms with van der Waals surface area (Å²) in [4.78, 5) is 4.39. The van der Waals surface area contributed by atoms with Crippen LogP contribution in [0.3, 0.4) is 0 Å². The molecule has 7 nitrogen and oxygen atoms in total. The van der Waals surface area contributed by atoms with Crippen LogP contribution in [0.15, 0.2) is 23.6 Å². The number of rotatable bonds is 5. The maximum atomic E-state index is 11.4. The van der Waals surface area contributed by atoms with E-state index in [1.54, 1.807) is 4.68 Å². The molecule has 0 spiro atoms. The Morgan fingerprint density at radius 2 is 2.05 bits per heavy atom. The number of sulfone groups is 1. The van der Waals surface area contributed by atoms with Crippen LogP contribution in [0.25, 0.3) is 0 Å². The normalized spacial score (nSPS) is 12.2. The summed E-state index contributed by atoms with van der Waals surface area (Å²) >= 11 is 0. The molecular formula is C11H17N5O2S. The Bertz CT molecular complexity index is 656. The summed E-state index contributed by atoms with van der Waals surface area (Å²) in [6.45, 7) is 5.38. The Morgan fingerprint density at radius 3 is 2.63 bits per heavy atom. The molecule has 0 N–H and O–H groups in total. The maximum absolute atomic E-state index is 11.4. The van der Waals surface area contributed by atoms with Gasteiger partial charge in [0.2, 0.25) is 0 Å². The topological polar surface area (TPSA) is 82.7 Å². The molecular weight excluding hydrogens is 266 g/mol. The van der Waals surface area contributed by atoms with Gasteiger partial charge in [-0.3, -0.25) is 4.68 Å². The fourth-order valence-corrected chi connectivity index (χ4v) is 2.23. The third kappa shape index (κ3) is 3.40. The van der Waals surface area contributed by atoms with Gasteiger partial charge in [-0.1, -0.05) is 13.8 Å². The Hall–Kier alpha value is -1.70. The van der Waals surface area contributed by atoms with Crippen molar-refractivity contribution in [3.63, 3.8) is 0 Å². The van der Waals surface area contributed by atoms with E-state index in [0.717, 1.165) is 18.6 Å². The fourth-order valence-electron chi connectivity index (χ4n) is 1.68. The van der Waals surface area contributed by atoms with Gasteiger partial charge in [-0.2, -0.15) is 10.2 Å². The third-order valence-corrected chi connectivity index (χ3v) is 3.64. The molecule has 0 aliphatic carbocycles. The first-order chi connectivity index (χ1) is 8.86. The van der Waals surface area contributed by atoms with Gasteiger partial charge >= 0.3 is 0 Å². The van der Waals surface area contributed by atoms with Gasteiger partial charge in [0, 0.05) is 19.0 Å². The molecule has 104 valence electrons. The summed E-state index contributed by atoms with van der Waals surface area (Å²) in [5.74, 6) is 1.22. The summed E-state index contributed by atoms with van der Waals surface area (Å²) in [6.07, 6.45) is 5.51. The molecule has 0 aromatic carbocycles. The summed E-state index contributed by atoms with van der Waals surface area (Å²) in [5, 5.41) is 8.19. The van der Waals surface area contributed by atoms with Crippen molar-refractivity contribution in [3.8, 4) is 0 Å². The maximum Gasteiger partial charge on any atom is 0.178 e. The van der Waals surface area contributed by atoms with Crippen molar-refractivity contribution < 1.29 is 8.42 Å². The number of aromatic nitrogens is 5. The molecule has 2 rings (SSSR count). The predicted molar refractivity (Wildman–Crippen MR) is 69.3 cm³/mol. The van der Waals surface area contributed by atoms with Gasteiger partial charge in [0.15, 0.2) is 9.84 Å². The summed E-state index contributed by atoms with van der Waals surface area (Å²) in [5.41, 5.74) is 0. The highest BCUT2D eigenvalue weighted by molar-refractivity contribution is 7.90. The fraction of sp³-hybridized carbons (Fsp3) is 0.545. The first-order valence-electron chi connectivity index (χ1n) is 5.95. The van der Waals surface area contributed by atoms with E-state index < -0.39 is 9.84 Å². The van der Waals surface area contributed by atoms with Gasteiger partial charge < -0.3 is 0 Å². The van der Waals surface area contributed by atoms with Gasteiger partial charge in [0.25, 0.3) is 0 Å². The van der Waals surface area contributed by atoms with Crippen molar-refractivity contribution in [1.29, 1.82) is 0 Å². The quantitative estimate of drug-likeness (QED) is 0.801. The van der Waals surface area contributed by atoms with E-state index in [0.29, 0.717) is 12.5 Å². The van der Waals surface area contributed by atoms with Gasteiger partial charge in [0.1, 0.15) is 23.6 Å². The van der Waals surface area contributed by atoms with E-state index in [4.69, 9.17) is 0 Å². The van der Waals surface area contributed by atoms with Gasteiger partial charge in [-0.05, 0) is 5.92 Å². The Balaban J connectivity index is 2.18. The molecule has 2 aromatic rings. The molecule has 8 heteroatoms. The smallest absolute Gasteiger partial charge is 0.178 e. The lowest BCUT2D eigenvalue weighted by Gasteiger charge is -2.08. The molecule has 0 atom stereocenters. The Labute approximate surface area is 112 Å². The van der Waals surface area contributed by atoms with Crippen LogP contribution in [-0.2, 0) is 22.9 Å². The van der Waals surface area contributed by atoms with Crippen LogP contribution in [0.5, 0.6) is 0 Å². The molecule has 0 bridgehead atoms. The van der Waals surface area contributed by atoms with Crippen LogP contribution in [-0.4, -0.2) is 39.2 Å². The average molecular weight is 283 g/mol. The number of hydrogen-bond donors (Lipinski definition) is 0. The second-order valence-corrected chi connectivity index (χ2v) is 6.91. The molecule has 0 aliphatic rings. The zero-order chi connectivity index (χ0) is 14.0. The number of nitrogens with zero attached hydrogens (tertiary/aromatic N) is 5. The molecule has 0 fully saturated rings. The van der Waals surface area contributed by atoms with Crippen LogP contribution >= 0.6 is 0 Å². The minimum absolute atomic E-state index is 0.211. The highest BCUT2D eigenvalue weighted by atomic mass is 32.2. The van der Waals surface area contributed by atoms with Crippen molar-refractivity contribution in [2.75, 3.05) is 6.26 Å². The lowest BCUT2D eigenvalue weighted by Crippen LogP contribution is -2.13. The van der Waals surface area contributed by atoms with Crippen LogP contribution in [0.4, 0.5) is 0 Å². The monoisotopic (exact) mass is 283 g/mol. The molecule has 19 heavy (non-hydrogen) atoms. The largest absolute Gasteiger partial charge is 0.264 e. The van der Waals surface area contributed by atoms with Crippen molar-refractivity contribution in [2.45, 2.75) is 31.8 Å². The zero-order valence-corrected chi connectivity index (χ0v) is 12.0. The molecule has 0 aliphatic heterocycles. The van der Waals surface area contributed by atoms with Crippen molar-refractivity contribution in [1.82, 2.24) is 24.5 Å². The lowest BCUT2D eigenvalue weighted by molar-refractivity contribution is 0.456. The summed E-state index contributed by atoms with van der Waals surface area (Å²) in [6, 6.07) is 0. The van der Waals surface area contributed by atoms with Crippen LogP contribution < -0.4 is 0 Å². The predicted octanol–water partition coefficient (Wildman–Crippen LogP) is 0.582. The molecule has 2 aromatic heterocycles. The highest BCUT2D eigenvalue weighted by Gasteiger charge is 2.12. The van der Waals surface area contributed by atoms with E-state index >= 15 is 0 Å². The van der Waals surface area contributed by atoms with Crippen molar-refractivity contribution in [3.05, 3.63) is 24.5 Å². The zero-order valence-electron chi connectivity index (χ0n) is 11.2.